The highest BCUT2D eigenvalue weighted by atomic mass is 32.2. The zero-order valence-electron chi connectivity index (χ0n) is 11.3. The first-order valence-corrected chi connectivity index (χ1v) is 9.96. The van der Waals surface area contributed by atoms with Gasteiger partial charge in [0.15, 0.2) is 5.03 Å². The third kappa shape index (κ3) is 3.17. The second-order valence-corrected chi connectivity index (χ2v) is 12.8. The lowest BCUT2D eigenvalue weighted by molar-refractivity contribution is 0.586. The van der Waals surface area contributed by atoms with E-state index in [0.29, 0.717) is 0 Å². The maximum Gasteiger partial charge on any atom is 0.253 e. The van der Waals surface area contributed by atoms with Crippen molar-refractivity contribution in [2.75, 3.05) is 0 Å². The largest absolute Gasteiger partial charge is 0.339 e. The fourth-order valence-corrected chi connectivity index (χ4v) is 5.89. The highest BCUT2D eigenvalue weighted by molar-refractivity contribution is 7.90. The maximum absolute atomic E-state index is 12.2. The summed E-state index contributed by atoms with van der Waals surface area (Å²) in [5, 5.41) is 0.0410. The number of imidazole rings is 1. The van der Waals surface area contributed by atoms with Crippen LogP contribution in [0.3, 0.4) is 0 Å². The Balaban J connectivity index is 3.03. The van der Waals surface area contributed by atoms with Crippen molar-refractivity contribution in [2.45, 2.75) is 43.9 Å². The number of nitrogens with zero attached hydrogens (tertiary/aromatic N) is 2. The maximum atomic E-state index is 12.2. The average molecular weight is 275 g/mol. The van der Waals surface area contributed by atoms with E-state index in [2.05, 4.69) is 30.1 Å². The van der Waals surface area contributed by atoms with Gasteiger partial charge in [-0.25, -0.2) is 17.8 Å². The van der Waals surface area contributed by atoms with Crippen molar-refractivity contribution in [3.63, 3.8) is 0 Å². The Bertz CT molecular complexity index is 500. The fourth-order valence-electron chi connectivity index (χ4n) is 1.07. The molecule has 0 bridgehead atoms. The van der Waals surface area contributed by atoms with Crippen molar-refractivity contribution in [2.24, 2.45) is 7.05 Å². The van der Waals surface area contributed by atoms with Crippen LogP contribution >= 0.6 is 0 Å². The summed E-state index contributed by atoms with van der Waals surface area (Å²) < 4.78 is 28.8. The standard InChI is InChI=1S/C10H21N3O2SSi/c1-10(2,3)17(5,6)12-16(14,15)9-7-13(4)8-11-9/h7-8,12H,1-6H3. The van der Waals surface area contributed by atoms with Crippen LogP contribution in [-0.2, 0) is 17.1 Å². The molecule has 7 heteroatoms. The number of nitrogens with one attached hydrogen (secondary N) is 1. The summed E-state index contributed by atoms with van der Waals surface area (Å²) in [5.41, 5.74) is 0. The molecule has 0 radical (unpaired) electrons. The topological polar surface area (TPSA) is 64.0 Å². The highest BCUT2D eigenvalue weighted by Crippen LogP contribution is 2.34. The van der Waals surface area contributed by atoms with Crippen molar-refractivity contribution >= 4 is 18.3 Å². The molecule has 0 fully saturated rings. The molecule has 1 rings (SSSR count). The van der Waals surface area contributed by atoms with Gasteiger partial charge in [0.05, 0.1) is 6.33 Å². The van der Waals surface area contributed by atoms with Crippen LogP contribution in [0.2, 0.25) is 18.1 Å². The van der Waals surface area contributed by atoms with Crippen molar-refractivity contribution in [3.05, 3.63) is 12.5 Å². The quantitative estimate of drug-likeness (QED) is 0.854. The molecule has 0 amide bonds. The Kier molecular flexibility index (Phi) is 3.57. The van der Waals surface area contributed by atoms with Gasteiger partial charge in [0.1, 0.15) is 8.24 Å². The Morgan fingerprint density at radius 2 is 1.88 bits per heavy atom. The van der Waals surface area contributed by atoms with Gasteiger partial charge in [0.25, 0.3) is 10.0 Å². The molecular formula is C10H21N3O2SSi. The molecule has 17 heavy (non-hydrogen) atoms. The molecule has 0 saturated carbocycles. The Hall–Kier alpha value is -0.663. The van der Waals surface area contributed by atoms with Crippen molar-refractivity contribution in [3.8, 4) is 0 Å². The van der Waals surface area contributed by atoms with Gasteiger partial charge in [-0.15, -0.1) is 0 Å². The summed E-state index contributed by atoms with van der Waals surface area (Å²) in [6.07, 6.45) is 3.00. The van der Waals surface area contributed by atoms with Crippen molar-refractivity contribution in [1.82, 2.24) is 13.9 Å². The molecule has 1 aromatic heterocycles. The third-order valence-electron chi connectivity index (χ3n) is 3.22. The van der Waals surface area contributed by atoms with E-state index in [4.69, 9.17) is 0 Å². The second kappa shape index (κ2) is 4.22. The lowest BCUT2D eigenvalue weighted by atomic mass is 10.2. The van der Waals surface area contributed by atoms with E-state index >= 15 is 0 Å². The van der Waals surface area contributed by atoms with Gasteiger partial charge in [0.2, 0.25) is 0 Å². The van der Waals surface area contributed by atoms with E-state index in [1.54, 1.807) is 11.6 Å². The second-order valence-electron chi connectivity index (χ2n) is 5.86. The SMILES string of the molecule is Cn1cnc(S(=O)(=O)N[Si](C)(C)C(C)(C)C)c1. The van der Waals surface area contributed by atoms with E-state index in [9.17, 15) is 8.42 Å². The molecule has 0 atom stereocenters. The first-order chi connectivity index (χ1) is 7.46. The van der Waals surface area contributed by atoms with Crippen molar-refractivity contribution in [1.29, 1.82) is 0 Å². The van der Waals surface area contributed by atoms with E-state index < -0.39 is 18.3 Å². The van der Waals surface area contributed by atoms with Crippen LogP contribution in [0.15, 0.2) is 17.6 Å². The van der Waals surface area contributed by atoms with Gasteiger partial charge in [-0.3, -0.25) is 0 Å². The normalized spacial score (nSPS) is 14.0. The minimum absolute atomic E-state index is 0.0468. The van der Waals surface area contributed by atoms with Gasteiger partial charge in [-0.2, -0.15) is 0 Å². The highest BCUT2D eigenvalue weighted by Gasteiger charge is 2.39. The van der Waals surface area contributed by atoms with Crippen LogP contribution in [-0.4, -0.2) is 26.2 Å². The summed E-state index contributed by atoms with van der Waals surface area (Å²) >= 11 is 0. The van der Waals surface area contributed by atoms with E-state index in [1.165, 1.54) is 12.5 Å². The van der Waals surface area contributed by atoms with Gasteiger partial charge < -0.3 is 4.57 Å². The minimum Gasteiger partial charge on any atom is -0.339 e. The Morgan fingerprint density at radius 1 is 1.35 bits per heavy atom. The van der Waals surface area contributed by atoms with Crippen LogP contribution < -0.4 is 4.39 Å². The van der Waals surface area contributed by atoms with E-state index in [0.717, 1.165) is 0 Å². The van der Waals surface area contributed by atoms with Gasteiger partial charge >= 0.3 is 0 Å². The molecule has 5 nitrogen and oxygen atoms in total. The number of hydrogen-bond donors (Lipinski definition) is 1. The fraction of sp³-hybridized carbons (Fsp3) is 0.700. The number of rotatable bonds is 3. The monoisotopic (exact) mass is 275 g/mol. The molecule has 98 valence electrons. The lowest BCUT2D eigenvalue weighted by Gasteiger charge is -2.36. The average Bonchev–Trinajstić information content (AvgIpc) is 2.48. The zero-order valence-corrected chi connectivity index (χ0v) is 13.1. The molecule has 0 aliphatic heterocycles. The first kappa shape index (κ1) is 14.4. The van der Waals surface area contributed by atoms with Crippen LogP contribution in [0.5, 0.6) is 0 Å². The Labute approximate surface area is 104 Å². The van der Waals surface area contributed by atoms with Crippen molar-refractivity contribution < 1.29 is 8.42 Å². The van der Waals surface area contributed by atoms with E-state index in [-0.39, 0.29) is 10.1 Å². The van der Waals surface area contributed by atoms with E-state index in [1.807, 2.05) is 13.1 Å². The van der Waals surface area contributed by atoms with Gasteiger partial charge in [0, 0.05) is 13.2 Å². The number of hydrogen-bond acceptors (Lipinski definition) is 3. The molecule has 0 saturated heterocycles. The molecule has 0 spiro atoms. The molecule has 0 unspecified atom stereocenters. The molecule has 1 aromatic rings. The molecule has 0 aliphatic carbocycles. The number of aromatic nitrogens is 2. The minimum atomic E-state index is -3.50. The predicted molar refractivity (Wildman–Crippen MR) is 70.7 cm³/mol. The van der Waals surface area contributed by atoms with Gasteiger partial charge in [-0.1, -0.05) is 33.9 Å². The first-order valence-electron chi connectivity index (χ1n) is 5.48. The zero-order chi connectivity index (χ0) is 13.5. The molecule has 0 aliphatic rings. The summed E-state index contributed by atoms with van der Waals surface area (Å²) in [5.74, 6) is 0. The Morgan fingerprint density at radius 3 is 2.24 bits per heavy atom. The summed E-state index contributed by atoms with van der Waals surface area (Å²) in [7, 11) is -3.85. The lowest BCUT2D eigenvalue weighted by Crippen LogP contribution is -2.54. The number of aryl methyl sites for hydroxylation is 1. The summed E-state index contributed by atoms with van der Waals surface area (Å²) in [6.45, 7) is 10.2. The predicted octanol–water partition coefficient (Wildman–Crippen LogP) is 1.70. The van der Waals surface area contributed by atoms with Gasteiger partial charge in [-0.05, 0) is 5.04 Å². The smallest absolute Gasteiger partial charge is 0.253 e. The summed E-state index contributed by atoms with van der Waals surface area (Å²) in [4.78, 5) is 3.89. The summed E-state index contributed by atoms with van der Waals surface area (Å²) in [6, 6.07) is 0. The number of sulfonamides is 1. The molecule has 1 N–H and O–H groups in total. The molecule has 1 heterocycles. The van der Waals surface area contributed by atoms with Crippen LogP contribution in [0.4, 0.5) is 0 Å². The van der Waals surface area contributed by atoms with Crippen LogP contribution in [0.1, 0.15) is 20.8 Å². The molecule has 0 aromatic carbocycles. The third-order valence-corrected chi connectivity index (χ3v) is 10.8. The molecular weight excluding hydrogens is 254 g/mol. The van der Waals surface area contributed by atoms with Crippen LogP contribution in [0.25, 0.3) is 0 Å². The van der Waals surface area contributed by atoms with Crippen LogP contribution in [0, 0.1) is 0 Å².